The Morgan fingerprint density at radius 1 is 0.633 bits per heavy atom. The van der Waals surface area contributed by atoms with Gasteiger partial charge in [-0.25, -0.2) is 0 Å². The van der Waals surface area contributed by atoms with Gasteiger partial charge in [-0.2, -0.15) is 0 Å². The SMILES string of the molecule is c1ccc(-c2cccc3c4c(oc23)B2c3ccccc3N(C35CCC(CC3)CC5)c3cc5c(c(c32)N4C23CCC(CC2)CC3)CCC5)cc1. The Bertz CT molecular complexity index is 2140. The van der Waals surface area contributed by atoms with Crippen molar-refractivity contribution in [1.82, 2.24) is 0 Å². The quantitative estimate of drug-likeness (QED) is 0.183. The zero-order valence-corrected chi connectivity index (χ0v) is 28.6. The van der Waals surface area contributed by atoms with Gasteiger partial charge in [0.2, 0.25) is 0 Å². The lowest BCUT2D eigenvalue weighted by atomic mass is 9.35. The van der Waals surface area contributed by atoms with Gasteiger partial charge in [-0.3, -0.25) is 0 Å². The second-order valence-corrected chi connectivity index (χ2v) is 17.1. The number of rotatable bonds is 3. The smallest absolute Gasteiger partial charge is 0.297 e. The van der Waals surface area contributed by atoms with Crippen molar-refractivity contribution in [3.8, 4) is 11.1 Å². The van der Waals surface area contributed by atoms with E-state index in [0.717, 1.165) is 17.4 Å². The van der Waals surface area contributed by atoms with Gasteiger partial charge in [0.25, 0.3) is 6.71 Å². The third kappa shape index (κ3) is 3.61. The fourth-order valence-electron chi connectivity index (χ4n) is 12.6. The van der Waals surface area contributed by atoms with Crippen LogP contribution in [0.5, 0.6) is 0 Å². The Labute approximate surface area is 290 Å². The average molecular weight is 641 g/mol. The maximum Gasteiger partial charge on any atom is 0.297 e. The summed E-state index contributed by atoms with van der Waals surface area (Å²) in [5, 5.41) is 1.31. The number of para-hydroxylation sites is 2. The molecule has 49 heavy (non-hydrogen) atoms. The van der Waals surface area contributed by atoms with E-state index in [9.17, 15) is 0 Å². The molecular formula is C45H45BN2O. The lowest BCUT2D eigenvalue weighted by Crippen LogP contribution is -2.68. The van der Waals surface area contributed by atoms with E-state index in [1.807, 2.05) is 0 Å². The van der Waals surface area contributed by atoms with Gasteiger partial charge in [-0.1, -0.05) is 60.7 Å². The molecule has 0 unspecified atom stereocenters. The molecule has 6 fully saturated rings. The van der Waals surface area contributed by atoms with Crippen LogP contribution in [0.3, 0.4) is 0 Å². The highest BCUT2D eigenvalue weighted by atomic mass is 16.3. The van der Waals surface area contributed by atoms with Crippen molar-refractivity contribution < 1.29 is 4.42 Å². The molecule has 14 rings (SSSR count). The third-order valence-electron chi connectivity index (χ3n) is 15.0. The first-order valence-corrected chi connectivity index (χ1v) is 19.7. The Balaban J connectivity index is 1.21. The molecule has 3 heterocycles. The van der Waals surface area contributed by atoms with Crippen LogP contribution >= 0.6 is 0 Å². The zero-order valence-electron chi connectivity index (χ0n) is 28.6. The lowest BCUT2D eigenvalue weighted by molar-refractivity contribution is 0.140. The number of benzene rings is 4. The number of furan rings is 1. The van der Waals surface area contributed by atoms with E-state index in [1.165, 1.54) is 141 Å². The Hall–Kier alpha value is -3.92. The molecule has 2 aliphatic heterocycles. The number of fused-ring (bicyclic) bond motifs is 14. The summed E-state index contributed by atoms with van der Waals surface area (Å²) < 4.78 is 7.50. The fraction of sp³-hybridized carbons (Fsp3) is 0.422. The van der Waals surface area contributed by atoms with Crippen molar-refractivity contribution in [3.05, 3.63) is 90.0 Å². The summed E-state index contributed by atoms with van der Waals surface area (Å²) in [4.78, 5) is 5.95. The molecule has 0 spiro atoms. The molecule has 4 heteroatoms. The molecule has 0 N–H and O–H groups in total. The molecular weight excluding hydrogens is 595 g/mol. The maximum absolute atomic E-state index is 7.50. The van der Waals surface area contributed by atoms with Crippen LogP contribution in [0.1, 0.15) is 94.6 Å². The Morgan fingerprint density at radius 3 is 2.04 bits per heavy atom. The van der Waals surface area contributed by atoms with Gasteiger partial charge in [-0.05, 0) is 154 Å². The number of anilines is 4. The van der Waals surface area contributed by atoms with E-state index in [2.05, 4.69) is 88.7 Å². The maximum atomic E-state index is 7.50. The Morgan fingerprint density at radius 2 is 1.31 bits per heavy atom. The van der Waals surface area contributed by atoms with Crippen molar-refractivity contribution in [3.63, 3.8) is 0 Å². The van der Waals surface area contributed by atoms with Crippen LogP contribution in [0.25, 0.3) is 22.1 Å². The molecule has 244 valence electrons. The highest BCUT2D eigenvalue weighted by molar-refractivity contribution is 6.99. The van der Waals surface area contributed by atoms with Crippen LogP contribution < -0.4 is 26.4 Å². The molecule has 0 amide bonds. The van der Waals surface area contributed by atoms with Crippen molar-refractivity contribution in [2.75, 3.05) is 9.80 Å². The van der Waals surface area contributed by atoms with E-state index >= 15 is 0 Å². The molecule has 0 saturated heterocycles. The van der Waals surface area contributed by atoms with Crippen molar-refractivity contribution in [1.29, 1.82) is 0 Å². The molecule has 5 aromatic rings. The van der Waals surface area contributed by atoms with Crippen LogP contribution in [-0.2, 0) is 12.8 Å². The number of aryl methyl sites for hydroxylation is 1. The minimum atomic E-state index is 0.110. The molecule has 3 nitrogen and oxygen atoms in total. The summed E-state index contributed by atoms with van der Waals surface area (Å²) in [5.41, 5.74) is 17.4. The van der Waals surface area contributed by atoms with E-state index in [-0.39, 0.29) is 17.8 Å². The van der Waals surface area contributed by atoms with Gasteiger partial charge in [-0.15, -0.1) is 0 Å². The predicted octanol–water partition coefficient (Wildman–Crippen LogP) is 9.45. The lowest BCUT2D eigenvalue weighted by Gasteiger charge is -2.59. The monoisotopic (exact) mass is 640 g/mol. The van der Waals surface area contributed by atoms with Crippen molar-refractivity contribution in [2.45, 2.75) is 107 Å². The fourth-order valence-corrected chi connectivity index (χ4v) is 12.6. The second-order valence-electron chi connectivity index (χ2n) is 17.1. The summed E-state index contributed by atoms with van der Waals surface area (Å²) in [6.45, 7) is 0.110. The largest absolute Gasteiger partial charge is 0.467 e. The van der Waals surface area contributed by atoms with Crippen molar-refractivity contribution >= 4 is 57.0 Å². The summed E-state index contributed by atoms with van der Waals surface area (Å²) in [7, 11) is 0. The zero-order chi connectivity index (χ0) is 31.9. The molecule has 6 saturated carbocycles. The van der Waals surface area contributed by atoms with Gasteiger partial charge < -0.3 is 14.2 Å². The molecule has 7 aliphatic carbocycles. The highest BCUT2D eigenvalue weighted by Gasteiger charge is 2.56. The van der Waals surface area contributed by atoms with E-state index < -0.39 is 0 Å². The standard InChI is InChI=1S/C45H45BN2O/c1-2-8-31(9-3-1)34-12-7-13-35-41-43(49-42(34)35)46-36-14-4-5-15-37(36)47(44-22-16-29(17-23-44)18-24-44)38-28-32-10-6-11-33(32)40(39(38)46)48(41)45-25-19-30(20-26-45)21-27-45/h1-5,7-9,12-15,28-30H,6,10-11,16-27H2. The first-order valence-electron chi connectivity index (χ1n) is 19.7. The van der Waals surface area contributed by atoms with Crippen LogP contribution in [-0.4, -0.2) is 17.8 Å². The van der Waals surface area contributed by atoms with E-state index in [0.29, 0.717) is 0 Å². The van der Waals surface area contributed by atoms with Crippen LogP contribution in [0.2, 0.25) is 0 Å². The minimum Gasteiger partial charge on any atom is -0.467 e. The van der Waals surface area contributed by atoms with Crippen LogP contribution in [0, 0.1) is 11.8 Å². The average Bonchev–Trinajstić information content (AvgIpc) is 3.81. The molecule has 9 aliphatic rings. The number of hydrogen-bond donors (Lipinski definition) is 0. The molecule has 4 bridgehead atoms. The molecule has 1 aromatic heterocycles. The molecule has 0 atom stereocenters. The predicted molar refractivity (Wildman–Crippen MR) is 203 cm³/mol. The number of hydrogen-bond acceptors (Lipinski definition) is 3. The normalized spacial score (nSPS) is 28.9. The summed E-state index contributed by atoms with van der Waals surface area (Å²) in [5.74, 6) is 1.86. The summed E-state index contributed by atoms with van der Waals surface area (Å²) in [6.07, 6.45) is 19.9. The topological polar surface area (TPSA) is 19.6 Å². The van der Waals surface area contributed by atoms with Crippen molar-refractivity contribution in [2.24, 2.45) is 11.8 Å². The summed E-state index contributed by atoms with van der Waals surface area (Å²) in [6, 6.07) is 30.2. The van der Waals surface area contributed by atoms with Gasteiger partial charge in [0, 0.05) is 39.1 Å². The third-order valence-corrected chi connectivity index (χ3v) is 15.0. The second kappa shape index (κ2) is 9.86. The molecule has 0 radical (unpaired) electrons. The highest BCUT2D eigenvalue weighted by Crippen LogP contribution is 2.58. The first-order chi connectivity index (χ1) is 24.2. The first kappa shape index (κ1) is 27.9. The van der Waals surface area contributed by atoms with Gasteiger partial charge in [0.1, 0.15) is 5.58 Å². The van der Waals surface area contributed by atoms with E-state index in [4.69, 9.17) is 4.42 Å². The Kier molecular flexibility index (Phi) is 5.61. The van der Waals surface area contributed by atoms with E-state index in [1.54, 1.807) is 22.3 Å². The van der Waals surface area contributed by atoms with Gasteiger partial charge in [0.15, 0.2) is 0 Å². The summed E-state index contributed by atoms with van der Waals surface area (Å²) >= 11 is 0. The van der Waals surface area contributed by atoms with Crippen LogP contribution in [0.15, 0.2) is 83.3 Å². The molecule has 4 aromatic carbocycles. The van der Waals surface area contributed by atoms with Crippen LogP contribution in [0.4, 0.5) is 22.7 Å². The van der Waals surface area contributed by atoms with Gasteiger partial charge in [0.05, 0.1) is 11.3 Å². The van der Waals surface area contributed by atoms with Gasteiger partial charge >= 0.3 is 0 Å². The minimum absolute atomic E-state index is 0.110. The number of nitrogens with zero attached hydrogens (tertiary/aromatic N) is 2.